The monoisotopic (exact) mass is 276 g/mol. The Morgan fingerprint density at radius 1 is 1.10 bits per heavy atom. The normalized spacial score (nSPS) is 11.3. The fourth-order valence-electron chi connectivity index (χ4n) is 2.41. The van der Waals surface area contributed by atoms with Gasteiger partial charge >= 0.3 is 0 Å². The van der Waals surface area contributed by atoms with Gasteiger partial charge in [-0.25, -0.2) is 0 Å². The second-order valence-corrected chi connectivity index (χ2v) is 4.87. The number of nitrogens with zero attached hydrogens (tertiary/aromatic N) is 1. The van der Waals surface area contributed by atoms with Crippen molar-refractivity contribution < 1.29 is 9.47 Å². The van der Waals surface area contributed by atoms with Crippen molar-refractivity contribution in [3.05, 3.63) is 36.0 Å². The molecule has 0 saturated heterocycles. The summed E-state index contributed by atoms with van der Waals surface area (Å²) in [6, 6.07) is 8.69. The van der Waals surface area contributed by atoms with Crippen LogP contribution in [0.3, 0.4) is 0 Å². The third-order valence-corrected chi connectivity index (χ3v) is 3.45. The van der Waals surface area contributed by atoms with Gasteiger partial charge in [0.05, 0.1) is 6.61 Å². The lowest BCUT2D eigenvalue weighted by molar-refractivity contribution is 0.190. The first kappa shape index (κ1) is 15.0. The predicted octanol–water partition coefficient (Wildman–Crippen LogP) is 2.41. The van der Waals surface area contributed by atoms with Gasteiger partial charge in [-0.05, 0) is 24.1 Å². The van der Waals surface area contributed by atoms with Crippen molar-refractivity contribution in [1.82, 2.24) is 9.88 Å². The zero-order valence-electron chi connectivity index (χ0n) is 12.4. The topological polar surface area (TPSA) is 35.4 Å². The number of ether oxygens (including phenoxy) is 2. The molecule has 1 aromatic carbocycles. The minimum absolute atomic E-state index is 0.744. The van der Waals surface area contributed by atoms with E-state index in [0.29, 0.717) is 0 Å². The fraction of sp³-hybridized carbons (Fsp3) is 0.500. The quantitative estimate of drug-likeness (QED) is 0.714. The van der Waals surface area contributed by atoms with Gasteiger partial charge in [-0.15, -0.1) is 0 Å². The van der Waals surface area contributed by atoms with Crippen molar-refractivity contribution in [3.8, 4) is 0 Å². The zero-order chi connectivity index (χ0) is 14.2. The molecular formula is C16H24N2O2. The molecule has 2 aromatic rings. The fourth-order valence-corrected chi connectivity index (χ4v) is 2.41. The summed E-state index contributed by atoms with van der Waals surface area (Å²) < 4.78 is 12.5. The molecule has 0 fully saturated rings. The predicted molar refractivity (Wildman–Crippen MR) is 82.0 cm³/mol. The molecule has 1 aromatic heterocycles. The third kappa shape index (κ3) is 3.82. The van der Waals surface area contributed by atoms with Crippen LogP contribution in [0.15, 0.2) is 30.5 Å². The van der Waals surface area contributed by atoms with Gasteiger partial charge in [0.2, 0.25) is 0 Å². The van der Waals surface area contributed by atoms with Crippen LogP contribution in [-0.2, 0) is 22.6 Å². The highest BCUT2D eigenvalue weighted by Gasteiger charge is 2.05. The highest BCUT2D eigenvalue weighted by Crippen LogP contribution is 2.20. The lowest BCUT2D eigenvalue weighted by Crippen LogP contribution is -2.18. The number of hydrogen-bond acceptors (Lipinski definition) is 3. The standard InChI is InChI=1S/C16H24N2O2/c1-19-11-4-9-18-10-7-15-14(5-3-6-16(15)18)13-17-8-12-20-2/h3,5-7,10,17H,4,8-9,11-13H2,1-2H3. The van der Waals surface area contributed by atoms with Gasteiger partial charge in [0.25, 0.3) is 0 Å². The van der Waals surface area contributed by atoms with Gasteiger partial charge < -0.3 is 19.4 Å². The van der Waals surface area contributed by atoms with Gasteiger partial charge in [-0.2, -0.15) is 0 Å². The van der Waals surface area contributed by atoms with Gasteiger partial charge in [0, 0.05) is 57.6 Å². The number of aromatic nitrogens is 1. The maximum atomic E-state index is 5.12. The van der Waals surface area contributed by atoms with Crippen molar-refractivity contribution in [3.63, 3.8) is 0 Å². The van der Waals surface area contributed by atoms with E-state index in [1.54, 1.807) is 14.2 Å². The number of methoxy groups -OCH3 is 2. The molecule has 0 radical (unpaired) electrons. The molecule has 0 aliphatic heterocycles. The van der Waals surface area contributed by atoms with E-state index in [0.717, 1.165) is 39.3 Å². The lowest BCUT2D eigenvalue weighted by atomic mass is 10.1. The van der Waals surface area contributed by atoms with Crippen molar-refractivity contribution in [1.29, 1.82) is 0 Å². The molecule has 0 aliphatic rings. The van der Waals surface area contributed by atoms with Crippen LogP contribution < -0.4 is 5.32 Å². The highest BCUT2D eigenvalue weighted by atomic mass is 16.5. The maximum Gasteiger partial charge on any atom is 0.0587 e. The average Bonchev–Trinajstić information content (AvgIpc) is 2.88. The molecule has 0 atom stereocenters. The van der Waals surface area contributed by atoms with E-state index in [9.17, 15) is 0 Å². The summed E-state index contributed by atoms with van der Waals surface area (Å²) >= 11 is 0. The smallest absolute Gasteiger partial charge is 0.0587 e. The largest absolute Gasteiger partial charge is 0.385 e. The van der Waals surface area contributed by atoms with E-state index in [2.05, 4.69) is 40.3 Å². The lowest BCUT2D eigenvalue weighted by Gasteiger charge is -2.08. The number of benzene rings is 1. The molecule has 1 N–H and O–H groups in total. The molecular weight excluding hydrogens is 252 g/mol. The average molecular weight is 276 g/mol. The van der Waals surface area contributed by atoms with Crippen LogP contribution in [0.1, 0.15) is 12.0 Å². The summed E-state index contributed by atoms with van der Waals surface area (Å²) in [5, 5.41) is 4.73. The molecule has 110 valence electrons. The number of hydrogen-bond donors (Lipinski definition) is 1. The Morgan fingerprint density at radius 2 is 1.95 bits per heavy atom. The molecule has 0 saturated carbocycles. The first-order valence-corrected chi connectivity index (χ1v) is 7.12. The summed E-state index contributed by atoms with van der Waals surface area (Å²) in [4.78, 5) is 0. The molecule has 0 unspecified atom stereocenters. The van der Waals surface area contributed by atoms with Crippen LogP contribution in [-0.4, -0.2) is 38.5 Å². The van der Waals surface area contributed by atoms with Gasteiger partial charge in [0.15, 0.2) is 0 Å². The Morgan fingerprint density at radius 3 is 2.75 bits per heavy atom. The van der Waals surface area contributed by atoms with Crippen molar-refractivity contribution in [2.75, 3.05) is 34.0 Å². The van der Waals surface area contributed by atoms with Crippen molar-refractivity contribution >= 4 is 10.9 Å². The number of rotatable bonds is 9. The molecule has 1 heterocycles. The van der Waals surface area contributed by atoms with Crippen LogP contribution in [0.5, 0.6) is 0 Å². The SMILES string of the molecule is COCCCn1ccc2c(CNCCOC)cccc21. The summed E-state index contributed by atoms with van der Waals surface area (Å²) in [5.74, 6) is 0. The molecule has 0 spiro atoms. The Balaban J connectivity index is 2.04. The van der Waals surface area contributed by atoms with Crippen LogP contribution in [0, 0.1) is 0 Å². The second kappa shape index (κ2) is 8.04. The summed E-state index contributed by atoms with van der Waals surface area (Å²) in [5.41, 5.74) is 2.64. The Bertz CT molecular complexity index is 522. The minimum atomic E-state index is 0.744. The second-order valence-electron chi connectivity index (χ2n) is 4.87. The molecule has 4 heteroatoms. The molecule has 2 rings (SSSR count). The number of aryl methyl sites for hydroxylation is 1. The zero-order valence-corrected chi connectivity index (χ0v) is 12.4. The molecule has 0 bridgehead atoms. The molecule has 0 aliphatic carbocycles. The van der Waals surface area contributed by atoms with E-state index in [-0.39, 0.29) is 0 Å². The third-order valence-electron chi connectivity index (χ3n) is 3.45. The highest BCUT2D eigenvalue weighted by molar-refractivity contribution is 5.83. The number of nitrogens with one attached hydrogen (secondary N) is 1. The van der Waals surface area contributed by atoms with E-state index in [4.69, 9.17) is 9.47 Å². The van der Waals surface area contributed by atoms with E-state index in [1.165, 1.54) is 16.5 Å². The summed E-state index contributed by atoms with van der Waals surface area (Å²) in [6.45, 7) is 4.30. The van der Waals surface area contributed by atoms with Crippen LogP contribution in [0.2, 0.25) is 0 Å². The van der Waals surface area contributed by atoms with Crippen LogP contribution in [0.25, 0.3) is 10.9 Å². The Labute approximate surface area is 120 Å². The van der Waals surface area contributed by atoms with E-state index < -0.39 is 0 Å². The van der Waals surface area contributed by atoms with Crippen LogP contribution in [0.4, 0.5) is 0 Å². The van der Waals surface area contributed by atoms with Crippen molar-refractivity contribution in [2.45, 2.75) is 19.5 Å². The summed E-state index contributed by atoms with van der Waals surface area (Å²) in [6.07, 6.45) is 3.20. The molecule has 0 amide bonds. The van der Waals surface area contributed by atoms with Gasteiger partial charge in [0.1, 0.15) is 0 Å². The van der Waals surface area contributed by atoms with E-state index >= 15 is 0 Å². The maximum absolute atomic E-state index is 5.12. The minimum Gasteiger partial charge on any atom is -0.385 e. The van der Waals surface area contributed by atoms with Gasteiger partial charge in [-0.1, -0.05) is 12.1 Å². The van der Waals surface area contributed by atoms with E-state index in [1.807, 2.05) is 0 Å². The first-order chi connectivity index (χ1) is 9.86. The first-order valence-electron chi connectivity index (χ1n) is 7.12. The molecule has 4 nitrogen and oxygen atoms in total. The Hall–Kier alpha value is -1.36. The van der Waals surface area contributed by atoms with Crippen molar-refractivity contribution in [2.24, 2.45) is 0 Å². The van der Waals surface area contributed by atoms with Crippen LogP contribution >= 0.6 is 0 Å². The molecule has 20 heavy (non-hydrogen) atoms. The van der Waals surface area contributed by atoms with Gasteiger partial charge in [-0.3, -0.25) is 0 Å². The number of fused-ring (bicyclic) bond motifs is 1. The Kier molecular flexibility index (Phi) is 6.05. The summed E-state index contributed by atoms with van der Waals surface area (Å²) in [7, 11) is 3.47.